The Hall–Kier alpha value is -4.79. The average Bonchev–Trinajstić information content (AvgIpc) is 3.56. The van der Waals surface area contributed by atoms with Gasteiger partial charge >= 0.3 is 0 Å². The summed E-state index contributed by atoms with van der Waals surface area (Å²) in [5.74, 6) is -0.239. The van der Waals surface area contributed by atoms with Crippen LogP contribution in [-0.2, 0) is 7.05 Å². The predicted octanol–water partition coefficient (Wildman–Crippen LogP) is 3.93. The number of pyridine rings is 3. The van der Waals surface area contributed by atoms with E-state index in [2.05, 4.69) is 25.5 Å². The molecule has 9 nitrogen and oxygen atoms in total. The van der Waals surface area contributed by atoms with Gasteiger partial charge in [0.05, 0.1) is 41.1 Å². The van der Waals surface area contributed by atoms with Crippen molar-refractivity contribution in [2.45, 2.75) is 0 Å². The second kappa shape index (κ2) is 7.41. The van der Waals surface area contributed by atoms with Crippen molar-refractivity contribution in [1.82, 2.24) is 34.3 Å². The zero-order valence-corrected chi connectivity index (χ0v) is 17.6. The maximum Gasteiger partial charge on any atom is 0.259 e. The number of nitrogens with one attached hydrogen (secondary N) is 2. The summed E-state index contributed by atoms with van der Waals surface area (Å²) in [5.41, 5.74) is 6.38. The van der Waals surface area contributed by atoms with Crippen LogP contribution in [0, 0.1) is 0 Å². The fraction of sp³-hybridized carbons (Fsp3) is 0.0417. The molecule has 6 aromatic heterocycles. The molecule has 0 aliphatic heterocycles. The van der Waals surface area contributed by atoms with Crippen molar-refractivity contribution in [2.75, 3.05) is 5.32 Å². The summed E-state index contributed by atoms with van der Waals surface area (Å²) in [6.45, 7) is 0. The van der Waals surface area contributed by atoms with Gasteiger partial charge in [0.2, 0.25) is 0 Å². The standard InChI is InChI=1S/C24H18N8O/c1-31-14-16(10-27-31)21-5-4-18-19(12-26-23(18)30-21)15-6-8-32-22(9-15)20(13-28-32)24(33)29-17-3-2-7-25-11-17/h2-14H,1H3,(H,26,30)(H,29,33). The quantitative estimate of drug-likeness (QED) is 0.437. The summed E-state index contributed by atoms with van der Waals surface area (Å²) in [4.78, 5) is 24.9. The van der Waals surface area contributed by atoms with Crippen molar-refractivity contribution >= 4 is 28.1 Å². The number of hydrogen-bond donors (Lipinski definition) is 2. The number of fused-ring (bicyclic) bond motifs is 2. The highest BCUT2D eigenvalue weighted by Crippen LogP contribution is 2.31. The highest BCUT2D eigenvalue weighted by atomic mass is 16.1. The zero-order chi connectivity index (χ0) is 22.4. The molecule has 0 unspecified atom stereocenters. The molecule has 160 valence electrons. The smallest absolute Gasteiger partial charge is 0.259 e. The van der Waals surface area contributed by atoms with E-state index < -0.39 is 0 Å². The van der Waals surface area contributed by atoms with E-state index in [-0.39, 0.29) is 5.91 Å². The molecule has 0 fully saturated rings. The normalized spacial score (nSPS) is 11.3. The topological polar surface area (TPSA) is 106 Å². The van der Waals surface area contributed by atoms with Crippen LogP contribution in [-0.4, -0.2) is 40.3 Å². The molecular formula is C24H18N8O. The highest BCUT2D eigenvalue weighted by Gasteiger charge is 2.16. The molecule has 6 heterocycles. The third kappa shape index (κ3) is 3.32. The van der Waals surface area contributed by atoms with Gasteiger partial charge in [-0.25, -0.2) is 9.50 Å². The highest BCUT2D eigenvalue weighted by molar-refractivity contribution is 6.09. The van der Waals surface area contributed by atoms with Crippen molar-refractivity contribution in [1.29, 1.82) is 0 Å². The molecule has 6 aromatic rings. The number of aromatic nitrogens is 7. The summed E-state index contributed by atoms with van der Waals surface area (Å²) >= 11 is 0. The Morgan fingerprint density at radius 1 is 1.06 bits per heavy atom. The third-order valence-electron chi connectivity index (χ3n) is 5.54. The fourth-order valence-electron chi connectivity index (χ4n) is 3.92. The van der Waals surface area contributed by atoms with Gasteiger partial charge in [-0.1, -0.05) is 0 Å². The first-order valence-electron chi connectivity index (χ1n) is 10.3. The van der Waals surface area contributed by atoms with Crippen molar-refractivity contribution in [3.8, 4) is 22.4 Å². The van der Waals surface area contributed by atoms with Gasteiger partial charge in [-0.15, -0.1) is 0 Å². The Labute approximate surface area is 187 Å². The van der Waals surface area contributed by atoms with Gasteiger partial charge in [-0.05, 0) is 42.0 Å². The van der Waals surface area contributed by atoms with Gasteiger partial charge in [0.15, 0.2) is 0 Å². The zero-order valence-electron chi connectivity index (χ0n) is 17.6. The molecule has 6 rings (SSSR count). The van der Waals surface area contributed by atoms with Gasteiger partial charge in [0, 0.05) is 48.3 Å². The summed E-state index contributed by atoms with van der Waals surface area (Å²) in [7, 11) is 1.88. The Morgan fingerprint density at radius 3 is 2.82 bits per heavy atom. The summed E-state index contributed by atoms with van der Waals surface area (Å²) in [6, 6.07) is 11.5. The average molecular weight is 434 g/mol. The van der Waals surface area contributed by atoms with Crippen molar-refractivity contribution in [2.24, 2.45) is 7.05 Å². The molecule has 0 bridgehead atoms. The van der Waals surface area contributed by atoms with Crippen LogP contribution < -0.4 is 5.32 Å². The second-order valence-electron chi connectivity index (χ2n) is 7.70. The molecule has 9 heteroatoms. The van der Waals surface area contributed by atoms with Crippen LogP contribution in [0.4, 0.5) is 5.69 Å². The lowest BCUT2D eigenvalue weighted by Crippen LogP contribution is -2.11. The van der Waals surface area contributed by atoms with E-state index in [0.29, 0.717) is 16.8 Å². The molecule has 0 aliphatic rings. The first kappa shape index (κ1) is 18.9. The van der Waals surface area contributed by atoms with Crippen LogP contribution in [0.15, 0.2) is 79.8 Å². The van der Waals surface area contributed by atoms with Gasteiger partial charge < -0.3 is 10.3 Å². The number of amides is 1. The number of H-pyrrole nitrogens is 1. The van der Waals surface area contributed by atoms with Crippen LogP contribution in [0.1, 0.15) is 10.4 Å². The molecular weight excluding hydrogens is 416 g/mol. The van der Waals surface area contributed by atoms with Crippen LogP contribution in [0.3, 0.4) is 0 Å². The minimum Gasteiger partial charge on any atom is -0.345 e. The number of carbonyl (C=O) groups excluding carboxylic acids is 1. The van der Waals surface area contributed by atoms with Gasteiger partial charge in [-0.2, -0.15) is 10.2 Å². The van der Waals surface area contributed by atoms with Crippen molar-refractivity contribution in [3.05, 3.63) is 85.3 Å². The summed E-state index contributed by atoms with van der Waals surface area (Å²) in [6.07, 6.45) is 12.3. The van der Waals surface area contributed by atoms with E-state index in [0.717, 1.165) is 33.4 Å². The lowest BCUT2D eigenvalue weighted by atomic mass is 10.1. The minimum atomic E-state index is -0.239. The fourth-order valence-corrected chi connectivity index (χ4v) is 3.92. The number of rotatable bonds is 4. The predicted molar refractivity (Wildman–Crippen MR) is 125 cm³/mol. The van der Waals surface area contributed by atoms with E-state index in [9.17, 15) is 4.79 Å². The van der Waals surface area contributed by atoms with E-state index >= 15 is 0 Å². The van der Waals surface area contributed by atoms with Gasteiger partial charge in [0.25, 0.3) is 5.91 Å². The van der Waals surface area contributed by atoms with Crippen molar-refractivity contribution in [3.63, 3.8) is 0 Å². The van der Waals surface area contributed by atoms with Crippen molar-refractivity contribution < 1.29 is 4.79 Å². The Bertz CT molecular complexity index is 1630. The third-order valence-corrected chi connectivity index (χ3v) is 5.54. The van der Waals surface area contributed by atoms with Crippen LogP contribution in [0.5, 0.6) is 0 Å². The number of nitrogens with zero attached hydrogens (tertiary/aromatic N) is 6. The molecule has 0 radical (unpaired) electrons. The summed E-state index contributed by atoms with van der Waals surface area (Å²) in [5, 5.41) is 12.4. The maximum absolute atomic E-state index is 12.9. The minimum absolute atomic E-state index is 0.239. The van der Waals surface area contributed by atoms with Crippen LogP contribution in [0.2, 0.25) is 0 Å². The van der Waals surface area contributed by atoms with Gasteiger partial charge in [-0.3, -0.25) is 14.5 Å². The molecule has 33 heavy (non-hydrogen) atoms. The number of aryl methyl sites for hydroxylation is 1. The molecule has 0 saturated heterocycles. The monoisotopic (exact) mass is 434 g/mol. The largest absolute Gasteiger partial charge is 0.345 e. The van der Waals surface area contributed by atoms with E-state index in [4.69, 9.17) is 4.98 Å². The maximum atomic E-state index is 12.9. The lowest BCUT2D eigenvalue weighted by Gasteiger charge is -2.05. The Kier molecular flexibility index (Phi) is 4.25. The van der Waals surface area contributed by atoms with E-state index in [1.807, 2.05) is 49.9 Å². The first-order chi connectivity index (χ1) is 16.2. The number of carbonyl (C=O) groups is 1. The number of hydrogen-bond acceptors (Lipinski definition) is 5. The summed E-state index contributed by atoms with van der Waals surface area (Å²) < 4.78 is 3.44. The van der Waals surface area contributed by atoms with E-state index in [1.54, 1.807) is 46.1 Å². The Morgan fingerprint density at radius 2 is 2.00 bits per heavy atom. The SMILES string of the molecule is Cn1cc(-c2ccc3c(-c4ccn5ncc(C(=O)Nc6cccnc6)c5c4)c[nH]c3n2)cn1. The molecule has 0 aromatic carbocycles. The van der Waals surface area contributed by atoms with E-state index in [1.165, 1.54) is 0 Å². The van der Waals surface area contributed by atoms with Gasteiger partial charge in [0.1, 0.15) is 5.65 Å². The molecule has 2 N–H and O–H groups in total. The molecule has 0 spiro atoms. The molecule has 1 amide bonds. The number of aromatic amines is 1. The lowest BCUT2D eigenvalue weighted by molar-refractivity contribution is 0.102. The van der Waals surface area contributed by atoms with Crippen LogP contribution in [0.25, 0.3) is 38.9 Å². The molecule has 0 saturated carbocycles. The Balaban J connectivity index is 1.38. The molecule has 0 aliphatic carbocycles. The van der Waals surface area contributed by atoms with Crippen LogP contribution >= 0.6 is 0 Å². The first-order valence-corrected chi connectivity index (χ1v) is 10.3. The number of anilines is 1. The molecule has 0 atom stereocenters. The second-order valence-corrected chi connectivity index (χ2v) is 7.70.